The fraction of sp³-hybridized carbons (Fsp3) is 0.367. The van der Waals surface area contributed by atoms with Crippen LogP contribution in [0.1, 0.15) is 96.4 Å². The number of benzene rings is 2. The molecule has 2 aromatic carbocycles. The number of carboxylic acid groups (broad SMARTS) is 1. The molecule has 0 atom stereocenters. The molecule has 0 radical (unpaired) electrons. The largest absolute Gasteiger partial charge is 0.489 e. The third-order valence-corrected chi connectivity index (χ3v) is 8.75. The Morgan fingerprint density at radius 3 is 2.40 bits per heavy atom. The second kappa shape index (κ2) is 10.8. The quantitative estimate of drug-likeness (QED) is 0.206. The van der Waals surface area contributed by atoms with E-state index in [9.17, 15) is 9.90 Å². The van der Waals surface area contributed by atoms with Gasteiger partial charge in [0.2, 0.25) is 0 Å². The summed E-state index contributed by atoms with van der Waals surface area (Å²) in [4.78, 5) is 11.5. The van der Waals surface area contributed by atoms with Gasteiger partial charge in [-0.3, -0.25) is 4.68 Å². The predicted molar refractivity (Wildman–Crippen MR) is 154 cm³/mol. The molecule has 0 spiro atoms. The van der Waals surface area contributed by atoms with Gasteiger partial charge in [-0.1, -0.05) is 52.1 Å². The Labute approximate surface area is 247 Å². The van der Waals surface area contributed by atoms with Crippen LogP contribution in [0.3, 0.4) is 0 Å². The van der Waals surface area contributed by atoms with Gasteiger partial charge in [-0.2, -0.15) is 5.10 Å². The van der Waals surface area contributed by atoms with Crippen LogP contribution < -0.4 is 4.74 Å². The maximum atomic E-state index is 11.5. The second-order valence-electron chi connectivity index (χ2n) is 10.9. The Morgan fingerprint density at radius 2 is 1.77 bits per heavy atom. The summed E-state index contributed by atoms with van der Waals surface area (Å²) >= 11 is 19.7. The molecule has 7 nitrogen and oxygen atoms in total. The van der Waals surface area contributed by atoms with Gasteiger partial charge in [0.1, 0.15) is 23.8 Å². The number of rotatable bonds is 9. The van der Waals surface area contributed by atoms with Crippen molar-refractivity contribution in [3.05, 3.63) is 85.8 Å². The van der Waals surface area contributed by atoms with Crippen molar-refractivity contribution in [3.63, 3.8) is 0 Å². The molecule has 2 aliphatic rings. The molecule has 0 unspecified atom stereocenters. The number of halogens is 3. The summed E-state index contributed by atoms with van der Waals surface area (Å²) in [6, 6.07) is 12.9. The van der Waals surface area contributed by atoms with E-state index >= 15 is 0 Å². The number of hydrogen-bond donors (Lipinski definition) is 1. The van der Waals surface area contributed by atoms with Gasteiger partial charge in [-0.15, -0.1) is 0 Å². The van der Waals surface area contributed by atoms with Gasteiger partial charge in [0.25, 0.3) is 0 Å². The molecule has 2 aromatic heterocycles. The first-order valence-electron chi connectivity index (χ1n) is 13.4. The maximum absolute atomic E-state index is 11.5. The molecule has 1 N–H and O–H groups in total. The van der Waals surface area contributed by atoms with E-state index in [4.69, 9.17) is 44.1 Å². The van der Waals surface area contributed by atoms with Gasteiger partial charge in [0.05, 0.1) is 15.6 Å². The Morgan fingerprint density at radius 1 is 1.05 bits per heavy atom. The molecule has 6 rings (SSSR count). The lowest BCUT2D eigenvalue weighted by Crippen LogP contribution is -2.23. The SMILES string of the molecule is CC(C)n1nc(C(=O)O)cc1C1CC(c2ccc(OCc3c(-c4c(Cl)cccc4Cl)noc3C3CC3)cc2Cl)C1. The van der Waals surface area contributed by atoms with Crippen LogP contribution in [0.4, 0.5) is 0 Å². The lowest BCUT2D eigenvalue weighted by molar-refractivity contribution is 0.0689. The Hall–Kier alpha value is -3.00. The summed E-state index contributed by atoms with van der Waals surface area (Å²) in [5.41, 5.74) is 4.21. The van der Waals surface area contributed by atoms with E-state index in [2.05, 4.69) is 10.3 Å². The Kier molecular flexibility index (Phi) is 7.32. The summed E-state index contributed by atoms with van der Waals surface area (Å²) in [5.74, 6) is 1.31. The van der Waals surface area contributed by atoms with E-state index in [1.165, 1.54) is 0 Å². The minimum absolute atomic E-state index is 0.0856. The minimum Gasteiger partial charge on any atom is -0.489 e. The Bertz CT molecular complexity index is 1560. The highest BCUT2D eigenvalue weighted by molar-refractivity contribution is 6.39. The normalized spacial score (nSPS) is 18.6. The average Bonchev–Trinajstić information content (AvgIpc) is 3.48. The average molecular weight is 601 g/mol. The van der Waals surface area contributed by atoms with Gasteiger partial charge < -0.3 is 14.4 Å². The molecule has 0 amide bonds. The summed E-state index contributed by atoms with van der Waals surface area (Å²) in [6.07, 6.45) is 3.86. The van der Waals surface area contributed by atoms with Crippen molar-refractivity contribution in [1.82, 2.24) is 14.9 Å². The molecule has 208 valence electrons. The molecule has 2 fully saturated rings. The van der Waals surface area contributed by atoms with Gasteiger partial charge in [-0.05, 0) is 81.3 Å². The molecule has 2 heterocycles. The first kappa shape index (κ1) is 27.2. The number of hydrogen-bond acceptors (Lipinski definition) is 5. The number of aromatic nitrogens is 3. The zero-order valence-corrected chi connectivity index (χ0v) is 24.3. The zero-order chi connectivity index (χ0) is 28.1. The van der Waals surface area contributed by atoms with Crippen LogP contribution in [0, 0.1) is 0 Å². The minimum atomic E-state index is -1.01. The predicted octanol–water partition coefficient (Wildman–Crippen LogP) is 8.89. The summed E-state index contributed by atoms with van der Waals surface area (Å²) < 4.78 is 13.8. The second-order valence-corrected chi connectivity index (χ2v) is 12.1. The van der Waals surface area contributed by atoms with Crippen LogP contribution in [0.25, 0.3) is 11.3 Å². The highest BCUT2D eigenvalue weighted by Gasteiger charge is 2.36. The molecule has 0 saturated heterocycles. The molecule has 4 aromatic rings. The van der Waals surface area contributed by atoms with Crippen molar-refractivity contribution < 1.29 is 19.2 Å². The van der Waals surface area contributed by atoms with Crippen molar-refractivity contribution in [2.75, 3.05) is 0 Å². The first-order valence-corrected chi connectivity index (χ1v) is 14.5. The number of aromatic carboxylic acids is 1. The smallest absolute Gasteiger partial charge is 0.356 e. The van der Waals surface area contributed by atoms with Crippen molar-refractivity contribution in [1.29, 1.82) is 0 Å². The van der Waals surface area contributed by atoms with E-state index < -0.39 is 5.97 Å². The van der Waals surface area contributed by atoms with Gasteiger partial charge in [-0.25, -0.2) is 4.79 Å². The van der Waals surface area contributed by atoms with Crippen LogP contribution in [-0.4, -0.2) is 26.0 Å². The van der Waals surface area contributed by atoms with Gasteiger partial charge in [0.15, 0.2) is 5.69 Å². The fourth-order valence-corrected chi connectivity index (χ4v) is 6.38. The number of carbonyl (C=O) groups is 1. The van der Waals surface area contributed by atoms with Gasteiger partial charge >= 0.3 is 5.97 Å². The van der Waals surface area contributed by atoms with E-state index in [1.54, 1.807) is 24.3 Å². The zero-order valence-electron chi connectivity index (χ0n) is 22.0. The number of nitrogens with zero attached hydrogens (tertiary/aromatic N) is 3. The molecule has 40 heavy (non-hydrogen) atoms. The monoisotopic (exact) mass is 599 g/mol. The topological polar surface area (TPSA) is 90.4 Å². The van der Waals surface area contributed by atoms with Crippen LogP contribution in [0.2, 0.25) is 15.1 Å². The number of ether oxygens (including phenoxy) is 1. The number of carboxylic acids is 1. The molecule has 2 saturated carbocycles. The Balaban J connectivity index is 1.17. The van der Waals surface area contributed by atoms with Crippen molar-refractivity contribution >= 4 is 40.8 Å². The maximum Gasteiger partial charge on any atom is 0.356 e. The molecule has 10 heteroatoms. The van der Waals surface area contributed by atoms with Crippen LogP contribution in [0.5, 0.6) is 5.75 Å². The summed E-state index contributed by atoms with van der Waals surface area (Å²) in [5, 5.41) is 19.7. The van der Waals surface area contributed by atoms with Crippen molar-refractivity contribution in [3.8, 4) is 17.0 Å². The molecule has 0 bridgehead atoms. The highest BCUT2D eigenvalue weighted by atomic mass is 35.5. The molecule has 2 aliphatic carbocycles. The highest BCUT2D eigenvalue weighted by Crippen LogP contribution is 2.50. The summed E-state index contributed by atoms with van der Waals surface area (Å²) in [6.45, 7) is 4.26. The third-order valence-electron chi connectivity index (χ3n) is 7.79. The fourth-order valence-electron chi connectivity index (χ4n) is 5.48. The lowest BCUT2D eigenvalue weighted by atomic mass is 9.70. The summed E-state index contributed by atoms with van der Waals surface area (Å²) in [7, 11) is 0. The van der Waals surface area contributed by atoms with Crippen molar-refractivity contribution in [2.24, 2.45) is 0 Å². The van der Waals surface area contributed by atoms with Crippen LogP contribution >= 0.6 is 34.8 Å². The standard InChI is InChI=1S/C30H28Cl3N3O4/c1-15(2)36-26(13-25(34-36)30(37)38)18-10-17(11-18)20-9-8-19(12-24(20)33)39-14-21-28(35-40-29(21)16-6-7-16)27-22(31)4-3-5-23(27)32/h3-5,8-9,12-13,15-18H,6-7,10-11,14H2,1-2H3,(H,37,38). The van der Waals surface area contributed by atoms with Crippen molar-refractivity contribution in [2.45, 2.75) is 69.9 Å². The molecular formula is C30H28Cl3N3O4. The van der Waals surface area contributed by atoms with Gasteiger partial charge in [0, 0.05) is 34.2 Å². The van der Waals surface area contributed by atoms with E-state index in [0.717, 1.165) is 48.3 Å². The molecular weight excluding hydrogens is 573 g/mol. The lowest BCUT2D eigenvalue weighted by Gasteiger charge is -2.37. The molecule has 0 aliphatic heterocycles. The van der Waals surface area contributed by atoms with E-state index in [1.807, 2.05) is 36.7 Å². The van der Waals surface area contributed by atoms with E-state index in [0.29, 0.717) is 38.0 Å². The van der Waals surface area contributed by atoms with Crippen LogP contribution in [-0.2, 0) is 6.61 Å². The third kappa shape index (κ3) is 5.11. The van der Waals surface area contributed by atoms with Crippen LogP contribution in [0.15, 0.2) is 47.0 Å². The van der Waals surface area contributed by atoms with E-state index in [-0.39, 0.29) is 30.2 Å². The first-order chi connectivity index (χ1) is 19.2.